The molecule has 0 saturated heterocycles. The van der Waals surface area contributed by atoms with Crippen LogP contribution in [0.4, 0.5) is 0 Å². The average molecular weight is 263 g/mol. The van der Waals surface area contributed by atoms with Crippen LogP contribution < -0.4 is 5.73 Å². The summed E-state index contributed by atoms with van der Waals surface area (Å²) in [5.41, 5.74) is 8.74. The van der Waals surface area contributed by atoms with E-state index in [-0.39, 0.29) is 0 Å². The van der Waals surface area contributed by atoms with Crippen LogP contribution in [0.5, 0.6) is 0 Å². The molecule has 0 spiro atoms. The zero-order valence-electron chi connectivity index (χ0n) is 12.9. The van der Waals surface area contributed by atoms with Crippen LogP contribution in [-0.4, -0.2) is 50.1 Å². The summed E-state index contributed by atoms with van der Waals surface area (Å²) in [5, 5.41) is 0. The molecular formula is C16H29N3. The van der Waals surface area contributed by atoms with Gasteiger partial charge in [-0.15, -0.1) is 0 Å². The largest absolute Gasteiger partial charge is 0.329 e. The van der Waals surface area contributed by atoms with Crippen molar-refractivity contribution in [2.75, 3.05) is 40.3 Å². The molecule has 19 heavy (non-hydrogen) atoms. The second-order valence-electron chi connectivity index (χ2n) is 5.39. The molecule has 0 aliphatic carbocycles. The minimum Gasteiger partial charge on any atom is -0.329 e. The van der Waals surface area contributed by atoms with Gasteiger partial charge < -0.3 is 10.6 Å². The van der Waals surface area contributed by atoms with Crippen LogP contribution in [0.25, 0.3) is 0 Å². The molecule has 0 fully saturated rings. The third-order valence-corrected chi connectivity index (χ3v) is 3.67. The van der Waals surface area contributed by atoms with Crippen LogP contribution in [0.15, 0.2) is 24.3 Å². The summed E-state index contributed by atoms with van der Waals surface area (Å²) in [6, 6.07) is 8.92. The number of nitrogens with zero attached hydrogens (tertiary/aromatic N) is 2. The van der Waals surface area contributed by atoms with E-state index in [0.29, 0.717) is 12.6 Å². The Kier molecular flexibility index (Phi) is 7.06. The molecule has 0 radical (unpaired) electrons. The first-order chi connectivity index (χ1) is 9.10. The molecule has 0 aromatic heterocycles. The van der Waals surface area contributed by atoms with E-state index < -0.39 is 0 Å². The molecule has 1 unspecified atom stereocenters. The van der Waals surface area contributed by atoms with Gasteiger partial charge in [0, 0.05) is 19.1 Å². The van der Waals surface area contributed by atoms with Gasteiger partial charge in [0.05, 0.1) is 0 Å². The standard InChI is InChI=1S/C16H29N3/c1-5-19(12-8-11-18(3)4)16(13-17)15-10-7-6-9-14(15)2/h6-7,9-10,16H,5,8,11-13,17H2,1-4H3. The number of likely N-dealkylation sites (N-methyl/N-ethyl adjacent to an activating group) is 1. The Labute approximate surface area is 118 Å². The van der Waals surface area contributed by atoms with E-state index >= 15 is 0 Å². The zero-order valence-corrected chi connectivity index (χ0v) is 12.9. The van der Waals surface area contributed by atoms with Crippen molar-refractivity contribution in [1.82, 2.24) is 9.80 Å². The van der Waals surface area contributed by atoms with Gasteiger partial charge in [-0.2, -0.15) is 0 Å². The third kappa shape index (κ3) is 4.94. The van der Waals surface area contributed by atoms with Gasteiger partial charge in [0.2, 0.25) is 0 Å². The molecule has 2 N–H and O–H groups in total. The monoisotopic (exact) mass is 263 g/mol. The van der Waals surface area contributed by atoms with Crippen molar-refractivity contribution in [3.05, 3.63) is 35.4 Å². The minimum atomic E-state index is 0.341. The molecule has 108 valence electrons. The van der Waals surface area contributed by atoms with Gasteiger partial charge in [-0.25, -0.2) is 0 Å². The third-order valence-electron chi connectivity index (χ3n) is 3.67. The molecule has 0 bridgehead atoms. The second kappa shape index (κ2) is 8.31. The molecule has 1 aromatic carbocycles. The van der Waals surface area contributed by atoms with Crippen molar-refractivity contribution < 1.29 is 0 Å². The molecule has 0 saturated carbocycles. The fraction of sp³-hybridized carbons (Fsp3) is 0.625. The molecule has 0 aliphatic rings. The lowest BCUT2D eigenvalue weighted by Crippen LogP contribution is -2.35. The Morgan fingerprint density at radius 1 is 1.16 bits per heavy atom. The number of hydrogen-bond acceptors (Lipinski definition) is 3. The molecular weight excluding hydrogens is 234 g/mol. The van der Waals surface area contributed by atoms with E-state index in [1.807, 2.05) is 0 Å². The first kappa shape index (κ1) is 16.2. The van der Waals surface area contributed by atoms with E-state index in [9.17, 15) is 0 Å². The van der Waals surface area contributed by atoms with Crippen molar-refractivity contribution in [1.29, 1.82) is 0 Å². The van der Waals surface area contributed by atoms with Crippen molar-refractivity contribution in [3.8, 4) is 0 Å². The summed E-state index contributed by atoms with van der Waals surface area (Å²) < 4.78 is 0. The average Bonchev–Trinajstić information content (AvgIpc) is 2.39. The van der Waals surface area contributed by atoms with Crippen molar-refractivity contribution >= 4 is 0 Å². The molecule has 3 nitrogen and oxygen atoms in total. The minimum absolute atomic E-state index is 0.341. The highest BCUT2D eigenvalue weighted by molar-refractivity contribution is 5.29. The van der Waals surface area contributed by atoms with Gasteiger partial charge in [-0.1, -0.05) is 31.2 Å². The quantitative estimate of drug-likeness (QED) is 0.781. The summed E-state index contributed by atoms with van der Waals surface area (Å²) in [4.78, 5) is 4.73. The highest BCUT2D eigenvalue weighted by atomic mass is 15.2. The van der Waals surface area contributed by atoms with E-state index in [0.717, 1.165) is 19.6 Å². The topological polar surface area (TPSA) is 32.5 Å². The predicted octanol–water partition coefficient (Wildman–Crippen LogP) is 2.27. The Balaban J connectivity index is 2.73. The highest BCUT2D eigenvalue weighted by Crippen LogP contribution is 2.22. The molecule has 3 heteroatoms. The van der Waals surface area contributed by atoms with E-state index in [4.69, 9.17) is 5.73 Å². The lowest BCUT2D eigenvalue weighted by Gasteiger charge is -2.31. The van der Waals surface area contributed by atoms with Crippen LogP contribution in [0.1, 0.15) is 30.5 Å². The molecule has 1 rings (SSSR count). The second-order valence-corrected chi connectivity index (χ2v) is 5.39. The lowest BCUT2D eigenvalue weighted by molar-refractivity contribution is 0.201. The van der Waals surface area contributed by atoms with Crippen LogP contribution in [0, 0.1) is 6.92 Å². The van der Waals surface area contributed by atoms with E-state index in [1.165, 1.54) is 17.5 Å². The van der Waals surface area contributed by atoms with Gasteiger partial charge in [0.15, 0.2) is 0 Å². The number of aryl methyl sites for hydroxylation is 1. The Morgan fingerprint density at radius 3 is 2.37 bits per heavy atom. The van der Waals surface area contributed by atoms with Crippen LogP contribution in [0.2, 0.25) is 0 Å². The van der Waals surface area contributed by atoms with Crippen LogP contribution in [0.3, 0.4) is 0 Å². The summed E-state index contributed by atoms with van der Waals surface area (Å²) >= 11 is 0. The molecule has 0 amide bonds. The van der Waals surface area contributed by atoms with Crippen molar-refractivity contribution in [2.24, 2.45) is 5.73 Å². The number of rotatable bonds is 8. The fourth-order valence-electron chi connectivity index (χ4n) is 2.56. The van der Waals surface area contributed by atoms with Crippen LogP contribution >= 0.6 is 0 Å². The Bertz CT molecular complexity index is 363. The van der Waals surface area contributed by atoms with Crippen molar-refractivity contribution in [3.63, 3.8) is 0 Å². The van der Waals surface area contributed by atoms with Gasteiger partial charge in [0.25, 0.3) is 0 Å². The molecule has 1 atom stereocenters. The molecule has 0 aliphatic heterocycles. The zero-order chi connectivity index (χ0) is 14.3. The SMILES string of the molecule is CCN(CCCN(C)C)C(CN)c1ccccc1C. The van der Waals surface area contributed by atoms with Gasteiger partial charge >= 0.3 is 0 Å². The van der Waals surface area contributed by atoms with E-state index in [2.05, 4.69) is 62.0 Å². The van der Waals surface area contributed by atoms with E-state index in [1.54, 1.807) is 0 Å². The predicted molar refractivity (Wildman–Crippen MR) is 83.4 cm³/mol. The summed E-state index contributed by atoms with van der Waals surface area (Å²) in [6.45, 7) is 8.35. The van der Waals surface area contributed by atoms with Crippen molar-refractivity contribution in [2.45, 2.75) is 26.3 Å². The summed E-state index contributed by atoms with van der Waals surface area (Å²) in [7, 11) is 4.25. The van der Waals surface area contributed by atoms with Crippen LogP contribution in [-0.2, 0) is 0 Å². The molecule has 0 heterocycles. The van der Waals surface area contributed by atoms with Gasteiger partial charge in [-0.3, -0.25) is 4.90 Å². The Hall–Kier alpha value is -0.900. The number of nitrogens with two attached hydrogens (primary N) is 1. The fourth-order valence-corrected chi connectivity index (χ4v) is 2.56. The first-order valence-corrected chi connectivity index (χ1v) is 7.24. The number of benzene rings is 1. The Morgan fingerprint density at radius 2 is 1.84 bits per heavy atom. The summed E-state index contributed by atoms with van der Waals surface area (Å²) in [5.74, 6) is 0. The maximum atomic E-state index is 6.03. The smallest absolute Gasteiger partial charge is 0.0472 e. The van der Waals surface area contributed by atoms with Gasteiger partial charge in [-0.05, 0) is 51.7 Å². The maximum absolute atomic E-state index is 6.03. The first-order valence-electron chi connectivity index (χ1n) is 7.24. The lowest BCUT2D eigenvalue weighted by atomic mass is 10.00. The van der Waals surface area contributed by atoms with Gasteiger partial charge in [0.1, 0.15) is 0 Å². The molecule has 1 aromatic rings. The normalized spacial score (nSPS) is 13.2. The summed E-state index contributed by atoms with van der Waals surface area (Å²) in [6.07, 6.45) is 1.18. The number of hydrogen-bond donors (Lipinski definition) is 1. The highest BCUT2D eigenvalue weighted by Gasteiger charge is 2.18. The maximum Gasteiger partial charge on any atom is 0.0472 e.